The lowest BCUT2D eigenvalue weighted by Gasteiger charge is -2.34. The van der Waals surface area contributed by atoms with Crippen LogP contribution in [0.2, 0.25) is 0 Å². The quantitative estimate of drug-likeness (QED) is 0.847. The van der Waals surface area contributed by atoms with Crippen molar-refractivity contribution < 1.29 is 9.53 Å². The van der Waals surface area contributed by atoms with E-state index in [-0.39, 0.29) is 12.1 Å². The first-order valence-corrected chi connectivity index (χ1v) is 8.34. The number of hydrogen-bond acceptors (Lipinski definition) is 5. The highest BCUT2D eigenvalue weighted by atomic mass is 16.6. The average Bonchev–Trinajstić information content (AvgIpc) is 2.53. The number of aromatic amines is 1. The molecule has 1 unspecified atom stereocenters. The first-order chi connectivity index (χ1) is 11.8. The Labute approximate surface area is 144 Å². The zero-order valence-electron chi connectivity index (χ0n) is 14.6. The Kier molecular flexibility index (Phi) is 4.36. The van der Waals surface area contributed by atoms with Crippen LogP contribution in [0.4, 0.5) is 4.79 Å². The third-order valence-corrected chi connectivity index (χ3v) is 4.10. The summed E-state index contributed by atoms with van der Waals surface area (Å²) in [6.45, 7) is 6.21. The van der Waals surface area contributed by atoms with Crippen molar-refractivity contribution in [2.24, 2.45) is 0 Å². The maximum Gasteiger partial charge on any atom is 0.410 e. The van der Waals surface area contributed by atoms with Crippen LogP contribution in [-0.2, 0) is 4.74 Å². The summed E-state index contributed by atoms with van der Waals surface area (Å²) in [5.41, 5.74) is -0.882. The molecule has 0 saturated carbocycles. The molecule has 0 aromatic carbocycles. The van der Waals surface area contributed by atoms with Crippen molar-refractivity contribution in [3.05, 3.63) is 39.2 Å². The maximum atomic E-state index is 12.7. The van der Waals surface area contributed by atoms with Crippen LogP contribution in [0.3, 0.4) is 0 Å². The summed E-state index contributed by atoms with van der Waals surface area (Å²) in [6.07, 6.45) is 2.41. The largest absolute Gasteiger partial charge is 0.444 e. The van der Waals surface area contributed by atoms with E-state index in [2.05, 4.69) is 9.97 Å². The van der Waals surface area contributed by atoms with Crippen LogP contribution in [0.5, 0.6) is 0 Å². The molecule has 1 saturated heterocycles. The van der Waals surface area contributed by atoms with E-state index in [1.165, 1.54) is 10.8 Å². The Morgan fingerprint density at radius 3 is 2.84 bits per heavy atom. The molecule has 25 heavy (non-hydrogen) atoms. The number of fused-ring (bicyclic) bond motifs is 1. The Morgan fingerprint density at radius 2 is 2.12 bits per heavy atom. The van der Waals surface area contributed by atoms with Gasteiger partial charge in [-0.05, 0) is 45.7 Å². The number of carbonyl (C=O) groups is 1. The number of nitrogens with zero attached hydrogens (tertiary/aromatic N) is 3. The fourth-order valence-electron chi connectivity index (χ4n) is 3.05. The molecule has 1 N–H and O–H groups in total. The van der Waals surface area contributed by atoms with E-state index in [1.807, 2.05) is 0 Å². The minimum atomic E-state index is -0.592. The Morgan fingerprint density at radius 1 is 1.36 bits per heavy atom. The summed E-state index contributed by atoms with van der Waals surface area (Å²) in [6, 6.07) is 2.90. The van der Waals surface area contributed by atoms with Gasteiger partial charge in [0.1, 0.15) is 5.60 Å². The maximum absolute atomic E-state index is 12.7. The van der Waals surface area contributed by atoms with E-state index in [9.17, 15) is 14.4 Å². The van der Waals surface area contributed by atoms with Crippen molar-refractivity contribution in [3.8, 4) is 0 Å². The zero-order chi connectivity index (χ0) is 18.2. The van der Waals surface area contributed by atoms with Gasteiger partial charge in [0, 0.05) is 19.3 Å². The second-order valence-electron chi connectivity index (χ2n) is 7.23. The molecule has 0 aliphatic carbocycles. The lowest BCUT2D eigenvalue weighted by Crippen LogP contribution is -2.48. The van der Waals surface area contributed by atoms with E-state index >= 15 is 0 Å². The molecular weight excluding hydrogens is 324 g/mol. The molecule has 2 aromatic rings. The number of aromatic nitrogens is 3. The Bertz CT molecular complexity index is 909. The number of ether oxygens (including phenoxy) is 1. The molecule has 1 fully saturated rings. The number of carbonyl (C=O) groups excluding carboxylic acids is 1. The second kappa shape index (κ2) is 6.34. The molecule has 2 aromatic heterocycles. The normalized spacial score (nSPS) is 18.4. The monoisotopic (exact) mass is 346 g/mol. The highest BCUT2D eigenvalue weighted by molar-refractivity contribution is 5.72. The van der Waals surface area contributed by atoms with Gasteiger partial charge in [0.05, 0.1) is 11.6 Å². The van der Waals surface area contributed by atoms with Crippen molar-refractivity contribution in [1.82, 2.24) is 19.4 Å². The predicted octanol–water partition coefficient (Wildman–Crippen LogP) is 1.66. The van der Waals surface area contributed by atoms with Gasteiger partial charge in [-0.3, -0.25) is 9.36 Å². The fourth-order valence-corrected chi connectivity index (χ4v) is 3.05. The standard InChI is InChI=1S/C17H22N4O4/c1-17(2,3)25-16(24)20-9-5-6-11(10-20)21-14(22)13-12(19-15(21)23)7-4-8-18-13/h4,7-8,11H,5-6,9-10H2,1-3H3,(H,19,23). The van der Waals surface area contributed by atoms with Gasteiger partial charge < -0.3 is 14.6 Å². The number of hydrogen-bond donors (Lipinski definition) is 1. The molecule has 1 atom stereocenters. The molecule has 1 aliphatic rings. The molecule has 3 rings (SSSR count). The van der Waals surface area contributed by atoms with Gasteiger partial charge in [-0.25, -0.2) is 14.6 Å². The molecule has 1 amide bonds. The second-order valence-corrected chi connectivity index (χ2v) is 7.23. The van der Waals surface area contributed by atoms with Gasteiger partial charge in [-0.2, -0.15) is 0 Å². The Hall–Kier alpha value is -2.64. The molecule has 8 heteroatoms. The van der Waals surface area contributed by atoms with Gasteiger partial charge in [-0.15, -0.1) is 0 Å². The summed E-state index contributed by atoms with van der Waals surface area (Å²) in [7, 11) is 0. The van der Waals surface area contributed by atoms with Gasteiger partial charge in [0.25, 0.3) is 5.56 Å². The summed E-state index contributed by atoms with van der Waals surface area (Å²) in [5, 5.41) is 0. The van der Waals surface area contributed by atoms with E-state index in [4.69, 9.17) is 4.74 Å². The van der Waals surface area contributed by atoms with Crippen molar-refractivity contribution >= 4 is 17.1 Å². The topological polar surface area (TPSA) is 97.3 Å². The van der Waals surface area contributed by atoms with Gasteiger partial charge in [-0.1, -0.05) is 0 Å². The molecule has 3 heterocycles. The Balaban J connectivity index is 1.92. The molecule has 8 nitrogen and oxygen atoms in total. The minimum Gasteiger partial charge on any atom is -0.444 e. The summed E-state index contributed by atoms with van der Waals surface area (Å²) >= 11 is 0. The molecular formula is C17H22N4O4. The van der Waals surface area contributed by atoms with Crippen LogP contribution in [-0.4, -0.2) is 44.2 Å². The van der Waals surface area contributed by atoms with E-state index in [0.717, 1.165) is 0 Å². The number of pyridine rings is 1. The highest BCUT2D eigenvalue weighted by Gasteiger charge is 2.30. The van der Waals surface area contributed by atoms with E-state index in [1.54, 1.807) is 37.8 Å². The van der Waals surface area contributed by atoms with Gasteiger partial charge in [0.15, 0.2) is 5.52 Å². The van der Waals surface area contributed by atoms with Crippen molar-refractivity contribution in [2.45, 2.75) is 45.3 Å². The first kappa shape index (κ1) is 17.2. The highest BCUT2D eigenvalue weighted by Crippen LogP contribution is 2.21. The van der Waals surface area contributed by atoms with Gasteiger partial charge >= 0.3 is 11.8 Å². The number of amides is 1. The predicted molar refractivity (Wildman–Crippen MR) is 92.7 cm³/mol. The molecule has 1 aliphatic heterocycles. The number of piperidine rings is 1. The minimum absolute atomic E-state index is 0.219. The van der Waals surface area contributed by atoms with Crippen LogP contribution in [0, 0.1) is 0 Å². The SMILES string of the molecule is CC(C)(C)OC(=O)N1CCCC(n2c(=O)[nH]c3cccnc3c2=O)C1. The molecule has 0 spiro atoms. The number of rotatable bonds is 1. The van der Waals surface area contributed by atoms with Crippen molar-refractivity contribution in [3.63, 3.8) is 0 Å². The summed E-state index contributed by atoms with van der Waals surface area (Å²) in [5.74, 6) is 0. The lowest BCUT2D eigenvalue weighted by atomic mass is 10.1. The van der Waals surface area contributed by atoms with E-state index < -0.39 is 29.0 Å². The van der Waals surface area contributed by atoms with Gasteiger partial charge in [0.2, 0.25) is 0 Å². The third-order valence-electron chi connectivity index (χ3n) is 4.10. The molecule has 0 bridgehead atoms. The van der Waals surface area contributed by atoms with Crippen LogP contribution >= 0.6 is 0 Å². The first-order valence-electron chi connectivity index (χ1n) is 8.34. The molecule has 134 valence electrons. The summed E-state index contributed by atoms with van der Waals surface area (Å²) < 4.78 is 6.57. The fraction of sp³-hybridized carbons (Fsp3) is 0.529. The van der Waals surface area contributed by atoms with Crippen LogP contribution < -0.4 is 11.2 Å². The molecule has 0 radical (unpaired) electrons. The zero-order valence-corrected chi connectivity index (χ0v) is 14.6. The lowest BCUT2D eigenvalue weighted by molar-refractivity contribution is 0.0169. The van der Waals surface area contributed by atoms with Crippen molar-refractivity contribution in [2.75, 3.05) is 13.1 Å². The smallest absolute Gasteiger partial charge is 0.410 e. The number of likely N-dealkylation sites (tertiary alicyclic amines) is 1. The number of H-pyrrole nitrogens is 1. The van der Waals surface area contributed by atoms with Crippen molar-refractivity contribution in [1.29, 1.82) is 0 Å². The summed E-state index contributed by atoms with van der Waals surface area (Å²) in [4.78, 5) is 45.7. The average molecular weight is 346 g/mol. The third kappa shape index (κ3) is 3.57. The van der Waals surface area contributed by atoms with Crippen LogP contribution in [0.25, 0.3) is 11.0 Å². The van der Waals surface area contributed by atoms with E-state index in [0.29, 0.717) is 24.9 Å². The van der Waals surface area contributed by atoms with Crippen LogP contribution in [0.15, 0.2) is 27.9 Å². The van der Waals surface area contributed by atoms with Crippen LogP contribution in [0.1, 0.15) is 39.7 Å². The number of nitrogens with one attached hydrogen (secondary N) is 1.